The van der Waals surface area contributed by atoms with Crippen molar-refractivity contribution in [1.82, 2.24) is 4.90 Å². The number of piperidine rings is 1. The lowest BCUT2D eigenvalue weighted by Gasteiger charge is -2.39. The van der Waals surface area contributed by atoms with Crippen molar-refractivity contribution in [3.05, 3.63) is 59.2 Å². The van der Waals surface area contributed by atoms with E-state index in [9.17, 15) is 4.79 Å². The molecule has 2 aromatic rings. The Morgan fingerprint density at radius 2 is 1.89 bits per heavy atom. The zero-order valence-corrected chi connectivity index (χ0v) is 16.2. The van der Waals surface area contributed by atoms with Gasteiger partial charge in [0.05, 0.1) is 0 Å². The summed E-state index contributed by atoms with van der Waals surface area (Å²) in [6, 6.07) is 16.5. The molecule has 0 radical (unpaired) electrons. The Kier molecular flexibility index (Phi) is 4.28. The van der Waals surface area contributed by atoms with E-state index in [4.69, 9.17) is 0 Å². The molecule has 2 aromatic carbocycles. The van der Waals surface area contributed by atoms with Crippen LogP contribution in [0.3, 0.4) is 0 Å². The molecule has 140 valence electrons. The van der Waals surface area contributed by atoms with Gasteiger partial charge in [-0.1, -0.05) is 36.4 Å². The molecular formula is C24H28N2O. The second kappa shape index (κ2) is 6.79. The minimum absolute atomic E-state index is 0.311. The summed E-state index contributed by atoms with van der Waals surface area (Å²) in [5.74, 6) is 0.892. The molecule has 2 atom stereocenters. The fourth-order valence-corrected chi connectivity index (χ4v) is 5.47. The van der Waals surface area contributed by atoms with E-state index in [0.29, 0.717) is 24.2 Å². The van der Waals surface area contributed by atoms with Crippen LogP contribution in [0.4, 0.5) is 11.4 Å². The average Bonchev–Trinajstić information content (AvgIpc) is 2.90. The Labute approximate surface area is 162 Å². The van der Waals surface area contributed by atoms with Gasteiger partial charge in [0.25, 0.3) is 0 Å². The van der Waals surface area contributed by atoms with Crippen LogP contribution >= 0.6 is 0 Å². The summed E-state index contributed by atoms with van der Waals surface area (Å²) >= 11 is 0. The van der Waals surface area contributed by atoms with E-state index in [1.807, 2.05) is 0 Å². The summed E-state index contributed by atoms with van der Waals surface area (Å²) in [4.78, 5) is 16.6. The Morgan fingerprint density at radius 1 is 1.07 bits per heavy atom. The van der Waals surface area contributed by atoms with Crippen molar-refractivity contribution in [1.29, 1.82) is 0 Å². The van der Waals surface area contributed by atoms with Gasteiger partial charge in [-0.25, -0.2) is 0 Å². The number of para-hydroxylation sites is 2. The number of Topliss-reactive ketones (excluding diaryl/α,β-unsaturated/α-hetero) is 1. The molecule has 0 aliphatic carbocycles. The smallest absolute Gasteiger partial charge is 0.129 e. The maximum Gasteiger partial charge on any atom is 0.129 e. The summed E-state index contributed by atoms with van der Waals surface area (Å²) in [6.45, 7) is 5.02. The van der Waals surface area contributed by atoms with Gasteiger partial charge in [0.15, 0.2) is 0 Å². The van der Waals surface area contributed by atoms with Gasteiger partial charge in [0.1, 0.15) is 5.78 Å². The van der Waals surface area contributed by atoms with Crippen molar-refractivity contribution in [3.8, 4) is 0 Å². The molecule has 27 heavy (non-hydrogen) atoms. The van der Waals surface area contributed by atoms with E-state index in [1.165, 1.54) is 28.9 Å². The monoisotopic (exact) mass is 360 g/mol. The van der Waals surface area contributed by atoms with E-state index in [1.54, 1.807) is 12.5 Å². The van der Waals surface area contributed by atoms with E-state index in [0.717, 1.165) is 38.9 Å². The van der Waals surface area contributed by atoms with E-state index >= 15 is 0 Å². The first-order valence-corrected chi connectivity index (χ1v) is 10.4. The predicted molar refractivity (Wildman–Crippen MR) is 110 cm³/mol. The molecule has 3 heterocycles. The SMILES string of the molecule is CC(=O)CCCN1CC[C@@H]2[C@@H](C1)c1cccc3c1N2c1ccccc1CC3. The maximum absolute atomic E-state index is 11.3. The summed E-state index contributed by atoms with van der Waals surface area (Å²) < 4.78 is 0. The quantitative estimate of drug-likeness (QED) is 0.804. The van der Waals surface area contributed by atoms with Gasteiger partial charge in [0, 0.05) is 42.8 Å². The van der Waals surface area contributed by atoms with Gasteiger partial charge in [-0.05, 0) is 61.9 Å². The van der Waals surface area contributed by atoms with Crippen molar-refractivity contribution in [3.63, 3.8) is 0 Å². The molecule has 3 heteroatoms. The van der Waals surface area contributed by atoms with Gasteiger partial charge < -0.3 is 14.6 Å². The number of rotatable bonds is 4. The Bertz CT molecular complexity index is 874. The van der Waals surface area contributed by atoms with E-state index in [-0.39, 0.29) is 0 Å². The zero-order chi connectivity index (χ0) is 18.4. The number of nitrogens with zero attached hydrogens (tertiary/aromatic N) is 2. The number of hydrogen-bond donors (Lipinski definition) is 0. The molecule has 0 aromatic heterocycles. The van der Waals surface area contributed by atoms with Crippen LogP contribution in [-0.2, 0) is 17.6 Å². The third-order valence-corrected chi connectivity index (χ3v) is 6.70. The van der Waals surface area contributed by atoms with Crippen LogP contribution in [0.15, 0.2) is 42.5 Å². The van der Waals surface area contributed by atoms with Gasteiger partial charge in [-0.2, -0.15) is 0 Å². The number of hydrogen-bond acceptors (Lipinski definition) is 3. The molecule has 1 fully saturated rings. The first kappa shape index (κ1) is 17.0. The first-order valence-electron chi connectivity index (χ1n) is 10.4. The lowest BCUT2D eigenvalue weighted by molar-refractivity contribution is -0.117. The van der Waals surface area contributed by atoms with Crippen LogP contribution in [0, 0.1) is 0 Å². The Hall–Kier alpha value is -2.13. The molecule has 3 aliphatic heterocycles. The predicted octanol–water partition coefficient (Wildman–Crippen LogP) is 4.46. The highest BCUT2D eigenvalue weighted by molar-refractivity contribution is 5.79. The average molecular weight is 361 g/mol. The number of benzene rings is 2. The number of aryl methyl sites for hydroxylation is 2. The molecule has 0 unspecified atom stereocenters. The molecule has 0 spiro atoms. The van der Waals surface area contributed by atoms with Gasteiger partial charge >= 0.3 is 0 Å². The topological polar surface area (TPSA) is 23.6 Å². The fourth-order valence-electron chi connectivity index (χ4n) is 5.47. The highest BCUT2D eigenvalue weighted by Crippen LogP contribution is 2.52. The zero-order valence-electron chi connectivity index (χ0n) is 16.2. The van der Waals surface area contributed by atoms with Gasteiger partial charge in [-0.3, -0.25) is 0 Å². The second-order valence-electron chi connectivity index (χ2n) is 8.42. The van der Waals surface area contributed by atoms with Crippen molar-refractivity contribution in [2.75, 3.05) is 24.5 Å². The molecule has 0 bridgehead atoms. The summed E-state index contributed by atoms with van der Waals surface area (Å²) in [6.07, 6.45) is 5.18. The normalized spacial score (nSPS) is 23.4. The number of anilines is 2. The lowest BCUT2D eigenvalue weighted by atomic mass is 9.87. The Balaban J connectivity index is 1.48. The highest BCUT2D eigenvalue weighted by atomic mass is 16.1. The molecule has 1 saturated heterocycles. The highest BCUT2D eigenvalue weighted by Gasteiger charge is 2.44. The number of carbonyl (C=O) groups excluding carboxylic acids is 1. The van der Waals surface area contributed by atoms with Crippen LogP contribution in [0.2, 0.25) is 0 Å². The second-order valence-corrected chi connectivity index (χ2v) is 8.42. The van der Waals surface area contributed by atoms with Gasteiger partial charge in [-0.15, -0.1) is 0 Å². The van der Waals surface area contributed by atoms with E-state index in [2.05, 4.69) is 52.3 Å². The Morgan fingerprint density at radius 3 is 2.78 bits per heavy atom. The van der Waals surface area contributed by atoms with Crippen LogP contribution in [0.5, 0.6) is 0 Å². The minimum atomic E-state index is 0.311. The van der Waals surface area contributed by atoms with Crippen LogP contribution in [0.1, 0.15) is 48.8 Å². The maximum atomic E-state index is 11.3. The van der Waals surface area contributed by atoms with Crippen LogP contribution in [-0.4, -0.2) is 36.4 Å². The van der Waals surface area contributed by atoms with Crippen LogP contribution in [0.25, 0.3) is 0 Å². The van der Waals surface area contributed by atoms with Crippen molar-refractivity contribution < 1.29 is 4.79 Å². The summed E-state index contributed by atoms with van der Waals surface area (Å²) in [5, 5.41) is 0. The van der Waals surface area contributed by atoms with Crippen molar-refractivity contribution >= 4 is 17.2 Å². The van der Waals surface area contributed by atoms with Gasteiger partial charge in [0.2, 0.25) is 0 Å². The lowest BCUT2D eigenvalue weighted by Crippen LogP contribution is -2.45. The third-order valence-electron chi connectivity index (χ3n) is 6.70. The number of ketones is 1. The molecular weight excluding hydrogens is 332 g/mol. The first-order chi connectivity index (χ1) is 13.2. The van der Waals surface area contributed by atoms with Crippen molar-refractivity contribution in [2.45, 2.75) is 51.0 Å². The molecule has 3 aliphatic rings. The molecule has 0 amide bonds. The van der Waals surface area contributed by atoms with Crippen molar-refractivity contribution in [2.24, 2.45) is 0 Å². The largest absolute Gasteiger partial charge is 0.337 e. The standard InChI is InChI=1S/C24H28N2O/c1-17(27)6-5-14-25-15-13-23-21(16-25)20-9-4-8-19-12-11-18-7-2-3-10-22(18)26(23)24(19)20/h2-4,7-10,21,23H,5-6,11-16H2,1H3/t21-,23+/m0/s1. The molecule has 5 rings (SSSR count). The summed E-state index contributed by atoms with van der Waals surface area (Å²) in [7, 11) is 0. The molecule has 0 N–H and O–H groups in total. The minimum Gasteiger partial charge on any atom is -0.337 e. The van der Waals surface area contributed by atoms with E-state index < -0.39 is 0 Å². The number of carbonyl (C=O) groups is 1. The van der Waals surface area contributed by atoms with Crippen LogP contribution < -0.4 is 4.90 Å². The summed E-state index contributed by atoms with van der Waals surface area (Å²) in [5.41, 5.74) is 7.49. The third kappa shape index (κ3) is 2.89. The fraction of sp³-hybridized carbons (Fsp3) is 0.458. The number of likely N-dealkylation sites (tertiary alicyclic amines) is 1. The number of fused-ring (bicyclic) bond motifs is 5. The molecule has 3 nitrogen and oxygen atoms in total. The molecule has 0 saturated carbocycles.